The minimum absolute atomic E-state index is 0.131. The maximum Gasteiger partial charge on any atom is 0.341 e. The summed E-state index contributed by atoms with van der Waals surface area (Å²) in [5.74, 6) is -0.0971. The molecule has 4 nitrogen and oxygen atoms in total. The van der Waals surface area contributed by atoms with Gasteiger partial charge >= 0.3 is 5.97 Å². The van der Waals surface area contributed by atoms with Gasteiger partial charge in [-0.1, -0.05) is 58.9 Å². The number of nitrogens with two attached hydrogens (primary N) is 1. The molecule has 3 N–H and O–H groups in total. The molecule has 0 aliphatic rings. The molecule has 1 aromatic carbocycles. The summed E-state index contributed by atoms with van der Waals surface area (Å²) in [7, 11) is 0. The smallest absolute Gasteiger partial charge is 0.341 e. The van der Waals surface area contributed by atoms with Crippen molar-refractivity contribution in [3.8, 4) is 0 Å². The fraction of sp³-hybridized carbons (Fsp3) is 0.632. The molecule has 1 aromatic rings. The molecular weight excluding hydrogens is 288 g/mol. The summed E-state index contributed by atoms with van der Waals surface area (Å²) < 4.78 is 5.13. The molecule has 1 rings (SSSR count). The molecule has 0 aliphatic heterocycles. The first kappa shape index (κ1) is 19.7. The number of rotatable bonds is 7. The van der Waals surface area contributed by atoms with Crippen LogP contribution in [0.3, 0.4) is 0 Å². The van der Waals surface area contributed by atoms with Crippen molar-refractivity contribution < 1.29 is 9.53 Å². The zero-order valence-electron chi connectivity index (χ0n) is 15.4. The van der Waals surface area contributed by atoms with E-state index in [1.54, 1.807) is 6.92 Å². The van der Waals surface area contributed by atoms with E-state index in [2.05, 4.69) is 50.4 Å². The van der Waals surface area contributed by atoms with Crippen LogP contribution >= 0.6 is 0 Å². The minimum Gasteiger partial charge on any atom is -0.464 e. The molecule has 0 heterocycles. The van der Waals surface area contributed by atoms with E-state index in [1.807, 2.05) is 13.8 Å². The Balaban J connectivity index is 2.80. The monoisotopic (exact) mass is 320 g/mol. The van der Waals surface area contributed by atoms with E-state index in [-0.39, 0.29) is 11.4 Å². The number of ether oxygens (including phenoxy) is 1. The van der Waals surface area contributed by atoms with Gasteiger partial charge in [-0.05, 0) is 35.8 Å². The van der Waals surface area contributed by atoms with Crippen LogP contribution in [0.1, 0.15) is 59.1 Å². The molecule has 130 valence electrons. The summed E-state index contributed by atoms with van der Waals surface area (Å²) in [6.07, 6.45) is 0.534. The highest BCUT2D eigenvalue weighted by atomic mass is 16.5. The molecule has 0 aromatic heterocycles. The van der Waals surface area contributed by atoms with Crippen LogP contribution in [0.25, 0.3) is 0 Å². The largest absolute Gasteiger partial charge is 0.464 e. The Kier molecular flexibility index (Phi) is 6.78. The van der Waals surface area contributed by atoms with Crippen LogP contribution < -0.4 is 11.1 Å². The van der Waals surface area contributed by atoms with Gasteiger partial charge < -0.3 is 10.5 Å². The van der Waals surface area contributed by atoms with Gasteiger partial charge in [0.1, 0.15) is 0 Å². The average Bonchev–Trinajstić information content (AvgIpc) is 2.44. The second kappa shape index (κ2) is 7.93. The fourth-order valence-electron chi connectivity index (χ4n) is 2.51. The van der Waals surface area contributed by atoms with Crippen molar-refractivity contribution in [3.05, 3.63) is 35.4 Å². The summed E-state index contributed by atoms with van der Waals surface area (Å²) in [4.78, 5) is 12.2. The van der Waals surface area contributed by atoms with Crippen LogP contribution in [-0.2, 0) is 21.5 Å². The molecular formula is C19H32N2O2. The molecule has 0 bridgehead atoms. The number of esters is 1. The average molecular weight is 320 g/mol. The van der Waals surface area contributed by atoms with Gasteiger partial charge in [-0.2, -0.15) is 0 Å². The Morgan fingerprint density at radius 3 is 2.22 bits per heavy atom. The van der Waals surface area contributed by atoms with Gasteiger partial charge in [0.05, 0.1) is 6.61 Å². The summed E-state index contributed by atoms with van der Waals surface area (Å²) >= 11 is 0. The van der Waals surface area contributed by atoms with Gasteiger partial charge in [-0.3, -0.25) is 5.32 Å². The normalized spacial score (nSPS) is 14.6. The summed E-state index contributed by atoms with van der Waals surface area (Å²) in [5.41, 5.74) is 7.66. The SMILES string of the molecule is CCOC(=O)C(N)(CC(C)C)NCc1ccc(C(C)(C)C)cc1. The number of hydrogen-bond donors (Lipinski definition) is 2. The Bertz CT molecular complexity index is 503. The van der Waals surface area contributed by atoms with E-state index in [0.717, 1.165) is 5.56 Å². The third-order valence-electron chi connectivity index (χ3n) is 3.80. The molecule has 0 radical (unpaired) electrons. The second-order valence-corrected chi connectivity index (χ2v) is 7.59. The Hall–Kier alpha value is -1.39. The lowest BCUT2D eigenvalue weighted by Gasteiger charge is -2.30. The number of nitrogens with one attached hydrogen (secondary N) is 1. The number of hydrogen-bond acceptors (Lipinski definition) is 4. The van der Waals surface area contributed by atoms with E-state index in [9.17, 15) is 4.79 Å². The highest BCUT2D eigenvalue weighted by molar-refractivity contribution is 5.80. The molecule has 0 amide bonds. The molecule has 4 heteroatoms. The zero-order chi connectivity index (χ0) is 17.7. The maximum absolute atomic E-state index is 12.2. The van der Waals surface area contributed by atoms with E-state index in [1.165, 1.54) is 5.56 Å². The van der Waals surface area contributed by atoms with Gasteiger partial charge in [0.25, 0.3) is 0 Å². The molecule has 0 saturated heterocycles. The van der Waals surface area contributed by atoms with Crippen LogP contribution in [-0.4, -0.2) is 18.2 Å². The lowest BCUT2D eigenvalue weighted by atomic mass is 9.86. The number of benzene rings is 1. The molecule has 0 fully saturated rings. The Labute approximate surface area is 140 Å². The third kappa shape index (κ3) is 5.96. The molecule has 0 aliphatic carbocycles. The van der Waals surface area contributed by atoms with Crippen molar-refractivity contribution in [1.82, 2.24) is 5.32 Å². The predicted octanol–water partition coefficient (Wildman–Crippen LogP) is 3.34. The number of carbonyl (C=O) groups is 1. The molecule has 0 saturated carbocycles. The molecule has 1 unspecified atom stereocenters. The Morgan fingerprint density at radius 2 is 1.78 bits per heavy atom. The van der Waals surface area contributed by atoms with E-state index in [0.29, 0.717) is 25.5 Å². The van der Waals surface area contributed by atoms with Crippen LogP contribution in [0.5, 0.6) is 0 Å². The van der Waals surface area contributed by atoms with Crippen LogP contribution in [0, 0.1) is 5.92 Å². The molecule has 0 spiro atoms. The van der Waals surface area contributed by atoms with Gasteiger partial charge in [-0.25, -0.2) is 4.79 Å². The van der Waals surface area contributed by atoms with Crippen LogP contribution in [0.4, 0.5) is 0 Å². The van der Waals surface area contributed by atoms with Crippen LogP contribution in [0.2, 0.25) is 0 Å². The first-order chi connectivity index (χ1) is 10.6. The highest BCUT2D eigenvalue weighted by Crippen LogP contribution is 2.22. The second-order valence-electron chi connectivity index (χ2n) is 7.59. The minimum atomic E-state index is -1.15. The van der Waals surface area contributed by atoms with Gasteiger partial charge in [0.15, 0.2) is 5.66 Å². The first-order valence-corrected chi connectivity index (χ1v) is 8.39. The van der Waals surface area contributed by atoms with E-state index < -0.39 is 5.66 Å². The van der Waals surface area contributed by atoms with Crippen molar-refractivity contribution >= 4 is 5.97 Å². The van der Waals surface area contributed by atoms with Crippen molar-refractivity contribution in [2.24, 2.45) is 11.7 Å². The van der Waals surface area contributed by atoms with Crippen molar-refractivity contribution in [3.63, 3.8) is 0 Å². The van der Waals surface area contributed by atoms with Crippen molar-refractivity contribution in [2.45, 2.75) is 65.6 Å². The van der Waals surface area contributed by atoms with Crippen molar-refractivity contribution in [2.75, 3.05) is 6.61 Å². The Morgan fingerprint density at radius 1 is 1.22 bits per heavy atom. The first-order valence-electron chi connectivity index (χ1n) is 8.39. The van der Waals surface area contributed by atoms with Gasteiger partial charge in [0.2, 0.25) is 0 Å². The lowest BCUT2D eigenvalue weighted by Crippen LogP contribution is -2.60. The van der Waals surface area contributed by atoms with Gasteiger partial charge in [-0.15, -0.1) is 0 Å². The standard InChI is InChI=1S/C19H32N2O2/c1-7-23-17(22)19(20,12-14(2)3)21-13-15-8-10-16(11-9-15)18(4,5)6/h8-11,14,21H,7,12-13,20H2,1-6H3. The predicted molar refractivity (Wildman–Crippen MR) is 95.0 cm³/mol. The zero-order valence-corrected chi connectivity index (χ0v) is 15.4. The van der Waals surface area contributed by atoms with Crippen molar-refractivity contribution in [1.29, 1.82) is 0 Å². The third-order valence-corrected chi connectivity index (χ3v) is 3.80. The maximum atomic E-state index is 12.2. The van der Waals surface area contributed by atoms with E-state index >= 15 is 0 Å². The summed E-state index contributed by atoms with van der Waals surface area (Å²) in [5, 5.41) is 3.19. The summed E-state index contributed by atoms with van der Waals surface area (Å²) in [6.45, 7) is 13.3. The number of carbonyl (C=O) groups excluding carboxylic acids is 1. The van der Waals surface area contributed by atoms with E-state index in [4.69, 9.17) is 10.5 Å². The lowest BCUT2D eigenvalue weighted by molar-refractivity contribution is -0.152. The molecule has 23 heavy (non-hydrogen) atoms. The highest BCUT2D eigenvalue weighted by Gasteiger charge is 2.35. The fourth-order valence-corrected chi connectivity index (χ4v) is 2.51. The van der Waals surface area contributed by atoms with Crippen LogP contribution in [0.15, 0.2) is 24.3 Å². The quantitative estimate of drug-likeness (QED) is 0.597. The van der Waals surface area contributed by atoms with Gasteiger partial charge in [0, 0.05) is 6.54 Å². The topological polar surface area (TPSA) is 64.3 Å². The molecule has 1 atom stereocenters. The summed E-state index contributed by atoms with van der Waals surface area (Å²) in [6, 6.07) is 8.41.